The number of benzene rings is 2. The minimum absolute atomic E-state index is 0.0149. The standard InChI is InChI=1S/C21H28FN5O5S.C17H20FN5O2/c1-32-18-5-4-14(22)12-16(18)19(29)17-13-24-21(26-20(17)23)25-15-6-8-27(9-7-15)33(30,31)11-3-2-10-28;1-25-14-3-2-10(18)8-12(14)15(24)13-9-21-17(23-16(13)19)22-11-4-6-20-7-5-11/h4-5,12-13,15,28H,2-3,6-11H2,1H3,(H3,23,24,25,26);2-3,8-9,11,20H,4-7H2,1H3,(H3,19,21,22,23). The molecule has 0 spiro atoms. The highest BCUT2D eigenvalue weighted by atomic mass is 32.2. The Balaban J connectivity index is 0.000000229. The molecule has 0 atom stereocenters. The number of hydrogen-bond donors (Lipinski definition) is 6. The summed E-state index contributed by atoms with van der Waals surface area (Å²) in [4.78, 5) is 42.2. The number of nitrogen functional groups attached to an aromatic ring is 2. The molecule has 312 valence electrons. The van der Waals surface area contributed by atoms with Gasteiger partial charge in [-0.15, -0.1) is 0 Å². The lowest BCUT2D eigenvalue weighted by atomic mass is 10.0. The van der Waals surface area contributed by atoms with E-state index in [1.807, 2.05) is 0 Å². The van der Waals surface area contributed by atoms with E-state index in [2.05, 4.69) is 35.9 Å². The molecular weight excluding hydrogens is 779 g/mol. The van der Waals surface area contributed by atoms with Gasteiger partial charge in [0.25, 0.3) is 0 Å². The lowest BCUT2D eigenvalue weighted by molar-refractivity contribution is 0.102. The second-order valence-electron chi connectivity index (χ2n) is 13.6. The highest BCUT2D eigenvalue weighted by Gasteiger charge is 2.28. The molecule has 58 heavy (non-hydrogen) atoms. The van der Waals surface area contributed by atoms with Crippen molar-refractivity contribution in [3.05, 3.63) is 82.7 Å². The average Bonchev–Trinajstić information content (AvgIpc) is 3.21. The zero-order chi connectivity index (χ0) is 41.8. The van der Waals surface area contributed by atoms with Crippen molar-refractivity contribution in [2.75, 3.05) is 74.9 Å². The van der Waals surface area contributed by atoms with Crippen LogP contribution >= 0.6 is 0 Å². The Labute approximate surface area is 335 Å². The molecule has 0 unspecified atom stereocenters. The van der Waals surface area contributed by atoms with Crippen LogP contribution in [0, 0.1) is 11.6 Å². The smallest absolute Gasteiger partial charge is 0.224 e. The van der Waals surface area contributed by atoms with Crippen LogP contribution in [-0.2, 0) is 10.0 Å². The molecule has 0 radical (unpaired) electrons. The maximum atomic E-state index is 13.6. The Morgan fingerprint density at radius 3 is 1.69 bits per heavy atom. The minimum atomic E-state index is -3.34. The number of carbonyl (C=O) groups excluding carboxylic acids is 2. The molecule has 8 N–H and O–H groups in total. The predicted octanol–water partition coefficient (Wildman–Crippen LogP) is 3.02. The lowest BCUT2D eigenvalue weighted by Crippen LogP contribution is -2.43. The number of aromatic nitrogens is 4. The molecule has 2 aliphatic heterocycles. The van der Waals surface area contributed by atoms with Crippen LogP contribution in [-0.4, -0.2) is 114 Å². The SMILES string of the molecule is COc1ccc(F)cc1C(=O)c1cnc(NC2CCN(S(=O)(=O)CCCCO)CC2)nc1N.COc1ccc(F)cc1C(=O)c1cnc(NC2CCNCC2)nc1N. The van der Waals surface area contributed by atoms with Crippen molar-refractivity contribution in [1.82, 2.24) is 29.6 Å². The van der Waals surface area contributed by atoms with E-state index < -0.39 is 33.2 Å². The number of anilines is 4. The van der Waals surface area contributed by atoms with Crippen LogP contribution in [0.25, 0.3) is 0 Å². The third kappa shape index (κ3) is 11.3. The van der Waals surface area contributed by atoms with Crippen LogP contribution < -0.4 is 36.9 Å². The van der Waals surface area contributed by atoms with Crippen molar-refractivity contribution in [3.8, 4) is 11.5 Å². The van der Waals surface area contributed by atoms with Crippen LogP contribution in [0.3, 0.4) is 0 Å². The number of halogens is 2. The molecular formula is C38H48F2N10O7S. The zero-order valence-electron chi connectivity index (χ0n) is 32.2. The van der Waals surface area contributed by atoms with Gasteiger partial charge in [-0.2, -0.15) is 9.97 Å². The molecule has 17 nitrogen and oxygen atoms in total. The fraction of sp³-hybridized carbons (Fsp3) is 0.421. The highest BCUT2D eigenvalue weighted by molar-refractivity contribution is 7.89. The van der Waals surface area contributed by atoms with Gasteiger partial charge in [-0.25, -0.2) is 31.5 Å². The molecule has 4 aromatic rings. The van der Waals surface area contributed by atoms with Gasteiger partial charge in [0, 0.05) is 44.2 Å². The van der Waals surface area contributed by atoms with Crippen molar-refractivity contribution >= 4 is 45.1 Å². The molecule has 20 heteroatoms. The minimum Gasteiger partial charge on any atom is -0.496 e. The maximum absolute atomic E-state index is 13.6. The van der Waals surface area contributed by atoms with Gasteiger partial charge in [0.1, 0.15) is 34.8 Å². The fourth-order valence-corrected chi connectivity index (χ4v) is 8.01. The van der Waals surface area contributed by atoms with E-state index in [4.69, 9.17) is 26.0 Å². The normalized spacial score (nSPS) is 15.2. The summed E-state index contributed by atoms with van der Waals surface area (Å²) in [6.45, 7) is 2.58. The predicted molar refractivity (Wildman–Crippen MR) is 213 cm³/mol. The maximum Gasteiger partial charge on any atom is 0.224 e. The van der Waals surface area contributed by atoms with E-state index in [-0.39, 0.29) is 75.8 Å². The second-order valence-corrected chi connectivity index (χ2v) is 15.7. The monoisotopic (exact) mass is 826 g/mol. The third-order valence-electron chi connectivity index (χ3n) is 9.60. The first kappa shape index (κ1) is 43.6. The first-order valence-electron chi connectivity index (χ1n) is 18.7. The van der Waals surface area contributed by atoms with E-state index >= 15 is 0 Å². The molecule has 2 saturated heterocycles. The quantitative estimate of drug-likeness (QED) is 0.0745. The molecule has 0 saturated carbocycles. The Bertz CT molecular complexity index is 2170. The number of nitrogens with two attached hydrogens (primary N) is 2. The number of rotatable bonds is 15. The number of unbranched alkanes of at least 4 members (excludes halogenated alkanes) is 1. The zero-order valence-corrected chi connectivity index (χ0v) is 33.0. The van der Waals surface area contributed by atoms with Gasteiger partial charge in [-0.3, -0.25) is 9.59 Å². The lowest BCUT2D eigenvalue weighted by Gasteiger charge is -2.31. The molecule has 2 aliphatic rings. The molecule has 2 fully saturated rings. The number of methoxy groups -OCH3 is 2. The fourth-order valence-electron chi connectivity index (χ4n) is 6.42. The van der Waals surface area contributed by atoms with Crippen LogP contribution in [0.5, 0.6) is 11.5 Å². The largest absolute Gasteiger partial charge is 0.496 e. The van der Waals surface area contributed by atoms with Crippen molar-refractivity contribution in [2.45, 2.75) is 50.6 Å². The molecule has 0 bridgehead atoms. The van der Waals surface area contributed by atoms with Crippen LogP contribution in [0.4, 0.5) is 32.3 Å². The number of sulfonamides is 1. The topological polar surface area (TPSA) is 250 Å². The van der Waals surface area contributed by atoms with Gasteiger partial charge >= 0.3 is 0 Å². The van der Waals surface area contributed by atoms with Gasteiger partial charge in [0.15, 0.2) is 0 Å². The highest BCUT2D eigenvalue weighted by Crippen LogP contribution is 2.27. The van der Waals surface area contributed by atoms with E-state index in [1.165, 1.54) is 55.2 Å². The Kier molecular flexibility index (Phi) is 15.2. The summed E-state index contributed by atoms with van der Waals surface area (Å²) in [5, 5.41) is 18.5. The molecule has 2 aromatic carbocycles. The van der Waals surface area contributed by atoms with Crippen LogP contribution in [0.15, 0.2) is 48.8 Å². The second kappa shape index (κ2) is 20.2. The van der Waals surface area contributed by atoms with Crippen LogP contribution in [0.2, 0.25) is 0 Å². The summed E-state index contributed by atoms with van der Waals surface area (Å²) in [6.07, 6.45) is 6.57. The van der Waals surface area contributed by atoms with E-state index in [9.17, 15) is 26.8 Å². The Morgan fingerprint density at radius 2 is 1.26 bits per heavy atom. The molecule has 0 amide bonds. The number of ketones is 2. The van der Waals surface area contributed by atoms with Crippen molar-refractivity contribution in [3.63, 3.8) is 0 Å². The number of nitrogens with one attached hydrogen (secondary N) is 3. The number of aliphatic hydroxyl groups excluding tert-OH is 1. The number of ether oxygens (including phenoxy) is 2. The van der Waals surface area contributed by atoms with Gasteiger partial charge in [-0.05, 0) is 88.0 Å². The summed E-state index contributed by atoms with van der Waals surface area (Å²) in [5.74, 6) is -1.08. The van der Waals surface area contributed by atoms with Gasteiger partial charge in [0.05, 0.1) is 42.2 Å². The summed E-state index contributed by atoms with van der Waals surface area (Å²) in [7, 11) is -0.550. The first-order chi connectivity index (χ1) is 27.8. The van der Waals surface area contributed by atoms with E-state index in [1.54, 1.807) is 0 Å². The summed E-state index contributed by atoms with van der Waals surface area (Å²) in [6, 6.07) is 7.56. The first-order valence-corrected chi connectivity index (χ1v) is 20.3. The van der Waals surface area contributed by atoms with Gasteiger partial charge in [-0.1, -0.05) is 0 Å². The summed E-state index contributed by atoms with van der Waals surface area (Å²) < 4.78 is 63.6. The average molecular weight is 827 g/mol. The van der Waals surface area contributed by atoms with Crippen molar-refractivity contribution in [2.24, 2.45) is 0 Å². The number of hydrogen-bond acceptors (Lipinski definition) is 16. The summed E-state index contributed by atoms with van der Waals surface area (Å²) in [5.41, 5.74) is 12.1. The molecule has 0 aliphatic carbocycles. The van der Waals surface area contributed by atoms with Gasteiger partial charge < -0.3 is 42.0 Å². The van der Waals surface area contributed by atoms with E-state index in [0.717, 1.165) is 38.1 Å². The van der Waals surface area contributed by atoms with Gasteiger partial charge in [0.2, 0.25) is 33.5 Å². The Morgan fingerprint density at radius 1 is 0.793 bits per heavy atom. The van der Waals surface area contributed by atoms with Crippen LogP contribution in [0.1, 0.15) is 70.4 Å². The third-order valence-corrected chi connectivity index (χ3v) is 11.6. The summed E-state index contributed by atoms with van der Waals surface area (Å²) >= 11 is 0. The number of carbonyl (C=O) groups is 2. The molecule has 6 rings (SSSR count). The van der Waals surface area contributed by atoms with Crippen molar-refractivity contribution < 1.29 is 41.4 Å². The Hall–Kier alpha value is -5.57. The molecule has 2 aromatic heterocycles. The van der Waals surface area contributed by atoms with Crippen molar-refractivity contribution in [1.29, 1.82) is 0 Å². The molecule has 4 heterocycles. The van der Waals surface area contributed by atoms with E-state index in [0.29, 0.717) is 44.7 Å². The number of nitrogens with zero attached hydrogens (tertiary/aromatic N) is 5. The number of aliphatic hydroxyl groups is 1. The number of piperidine rings is 2.